The maximum absolute atomic E-state index is 0. The van der Waals surface area contributed by atoms with Crippen LogP contribution in [0.3, 0.4) is 0 Å². The summed E-state index contributed by atoms with van der Waals surface area (Å²) in [6.45, 7) is 0. The van der Waals surface area contributed by atoms with Crippen molar-refractivity contribution in [2.75, 3.05) is 0 Å². The number of hydrogen-bond acceptors (Lipinski definition) is 0. The molecule has 4 heteroatoms. The molecule has 0 aromatic heterocycles. The van der Waals surface area contributed by atoms with Gasteiger partial charge in [0.15, 0.2) is 0 Å². The summed E-state index contributed by atoms with van der Waals surface area (Å²) in [4.78, 5) is 0. The van der Waals surface area contributed by atoms with Crippen LogP contribution in [-0.2, 0) is 17.1 Å². The normalized spacial score (nSPS) is 0. The molecule has 0 aromatic carbocycles. The van der Waals surface area contributed by atoms with Crippen molar-refractivity contribution in [2.45, 2.75) is 0 Å². The maximum atomic E-state index is 0. The van der Waals surface area contributed by atoms with Gasteiger partial charge in [-0.05, 0) is 0 Å². The van der Waals surface area contributed by atoms with Crippen molar-refractivity contribution in [2.24, 2.45) is 0 Å². The molecule has 0 spiro atoms. The second kappa shape index (κ2) is 17.4. The first kappa shape index (κ1) is 30.2. The van der Waals surface area contributed by atoms with Gasteiger partial charge in [-0.1, -0.05) is 0 Å². The second-order valence-corrected chi connectivity index (χ2v) is 0. The second-order valence-electron chi connectivity index (χ2n) is 0. The first-order valence-corrected chi connectivity index (χ1v) is 0. The van der Waals surface area contributed by atoms with E-state index in [4.69, 9.17) is 0 Å². The Kier molecular flexibility index (Phi) is 132. The Morgan fingerprint density at radius 3 is 0.750 bits per heavy atom. The van der Waals surface area contributed by atoms with E-state index >= 15 is 0 Å². The molecule has 0 saturated heterocycles. The Bertz CT molecular complexity index is 6.00. The molecule has 0 rings (SSSR count). The van der Waals surface area contributed by atoms with Crippen LogP contribution < -0.4 is 0 Å². The molecule has 0 nitrogen and oxygen atoms in total. The SMILES string of the molecule is [Al].[Cu].[Sn].[Sn]. The fourth-order valence-electron chi connectivity index (χ4n) is 0. The Balaban J connectivity index is 0. The molecule has 0 atom stereocenters. The van der Waals surface area contributed by atoms with Crippen LogP contribution in [0.1, 0.15) is 0 Å². The van der Waals surface area contributed by atoms with Crippen molar-refractivity contribution in [3.63, 3.8) is 0 Å². The predicted octanol–water partition coefficient (Wildman–Crippen LogP) is -1.14. The Labute approximate surface area is 81.0 Å². The zero-order chi connectivity index (χ0) is 0. The molecule has 0 heterocycles. The van der Waals surface area contributed by atoms with Gasteiger partial charge in [-0.25, -0.2) is 0 Å². The van der Waals surface area contributed by atoms with E-state index in [-0.39, 0.29) is 82.2 Å². The predicted molar refractivity (Wildman–Crippen MR) is 17.3 cm³/mol. The van der Waals surface area contributed by atoms with Gasteiger partial charge < -0.3 is 0 Å². The van der Waals surface area contributed by atoms with E-state index in [1.165, 1.54) is 0 Å². The van der Waals surface area contributed by atoms with Crippen LogP contribution >= 0.6 is 0 Å². The minimum atomic E-state index is 0. The summed E-state index contributed by atoms with van der Waals surface area (Å²) >= 11 is 0. The van der Waals surface area contributed by atoms with Crippen LogP contribution in [0.2, 0.25) is 0 Å². The summed E-state index contributed by atoms with van der Waals surface area (Å²) in [5.41, 5.74) is 0. The molecule has 4 heavy (non-hydrogen) atoms. The van der Waals surface area contributed by atoms with Gasteiger partial charge in [0.25, 0.3) is 0 Å². The van der Waals surface area contributed by atoms with E-state index in [9.17, 15) is 0 Å². The molecule has 0 fully saturated rings. The first-order chi connectivity index (χ1) is 0. The monoisotopic (exact) mass is 330 g/mol. The molecule has 0 saturated carbocycles. The standard InChI is InChI=1S/Al.Cu.2Sn. The molecule has 12 radical (unpaired) electrons. The zero-order valence-electron chi connectivity index (χ0n) is 1.88. The van der Waals surface area contributed by atoms with Crippen LogP contribution in [-0.4, -0.2) is 65.2 Å². The van der Waals surface area contributed by atoms with Gasteiger partial charge in [0.2, 0.25) is 0 Å². The summed E-state index contributed by atoms with van der Waals surface area (Å²) in [5, 5.41) is 0. The molecular formula is AlCuSn2. The maximum Gasteiger partial charge on any atom is 0 e. The van der Waals surface area contributed by atoms with Gasteiger partial charge in [0, 0.05) is 82.2 Å². The van der Waals surface area contributed by atoms with Gasteiger partial charge in [0.1, 0.15) is 0 Å². The van der Waals surface area contributed by atoms with Crippen LogP contribution in [0.25, 0.3) is 0 Å². The van der Waals surface area contributed by atoms with Crippen molar-refractivity contribution < 1.29 is 17.1 Å². The summed E-state index contributed by atoms with van der Waals surface area (Å²) < 4.78 is 0. The van der Waals surface area contributed by atoms with Gasteiger partial charge in [-0.15, -0.1) is 0 Å². The van der Waals surface area contributed by atoms with Crippen molar-refractivity contribution in [3.8, 4) is 0 Å². The van der Waals surface area contributed by atoms with E-state index in [1.54, 1.807) is 0 Å². The van der Waals surface area contributed by atoms with Crippen molar-refractivity contribution in [3.05, 3.63) is 0 Å². The number of rotatable bonds is 0. The fourth-order valence-corrected chi connectivity index (χ4v) is 0. The third-order valence-electron chi connectivity index (χ3n) is 0. The largest absolute Gasteiger partial charge is 0 e. The topological polar surface area (TPSA) is 0 Å². The van der Waals surface area contributed by atoms with E-state index in [1.807, 2.05) is 0 Å². The van der Waals surface area contributed by atoms with E-state index in [2.05, 4.69) is 0 Å². The minimum Gasteiger partial charge on any atom is 0 e. The molecular weight excluding hydrogens is 328 g/mol. The van der Waals surface area contributed by atoms with Crippen molar-refractivity contribution in [1.29, 1.82) is 0 Å². The van der Waals surface area contributed by atoms with Crippen LogP contribution in [0.15, 0.2) is 0 Å². The van der Waals surface area contributed by atoms with E-state index in [0.29, 0.717) is 0 Å². The molecule has 22 valence electrons. The minimum absolute atomic E-state index is 0. The van der Waals surface area contributed by atoms with Crippen LogP contribution in [0.5, 0.6) is 0 Å². The van der Waals surface area contributed by atoms with Crippen LogP contribution in [0.4, 0.5) is 0 Å². The fraction of sp³-hybridized carbons (Fsp3) is 0. The van der Waals surface area contributed by atoms with Crippen molar-refractivity contribution >= 4 is 65.2 Å². The molecule has 0 aliphatic carbocycles. The molecule has 0 N–H and O–H groups in total. The zero-order valence-corrected chi connectivity index (χ0v) is 9.68. The Morgan fingerprint density at radius 2 is 0.750 bits per heavy atom. The average Bonchev–Trinajstić information content (AvgIpc) is 0. The smallest absolute Gasteiger partial charge is 0 e. The van der Waals surface area contributed by atoms with Crippen LogP contribution in [0, 0.1) is 0 Å². The summed E-state index contributed by atoms with van der Waals surface area (Å²) in [7, 11) is 0. The number of hydrogen-bond donors (Lipinski definition) is 0. The summed E-state index contributed by atoms with van der Waals surface area (Å²) in [6.07, 6.45) is 0. The first-order valence-electron chi connectivity index (χ1n) is 0. The van der Waals surface area contributed by atoms with Gasteiger partial charge >= 0.3 is 0 Å². The van der Waals surface area contributed by atoms with Gasteiger partial charge in [-0.3, -0.25) is 0 Å². The molecule has 0 aromatic rings. The Morgan fingerprint density at radius 1 is 0.750 bits per heavy atom. The van der Waals surface area contributed by atoms with E-state index in [0.717, 1.165) is 0 Å². The molecule has 0 aliphatic heterocycles. The molecule has 0 bridgehead atoms. The third kappa shape index (κ3) is 8.82. The van der Waals surface area contributed by atoms with Crippen molar-refractivity contribution in [1.82, 2.24) is 0 Å². The quantitative estimate of drug-likeness (QED) is 0.493. The summed E-state index contributed by atoms with van der Waals surface area (Å²) in [6, 6.07) is 0. The molecule has 0 unspecified atom stereocenters. The van der Waals surface area contributed by atoms with Gasteiger partial charge in [0.05, 0.1) is 0 Å². The Hall–Kier alpha value is 2.65. The van der Waals surface area contributed by atoms with Gasteiger partial charge in [-0.2, -0.15) is 0 Å². The third-order valence-corrected chi connectivity index (χ3v) is 0. The molecule has 0 amide bonds. The van der Waals surface area contributed by atoms with E-state index < -0.39 is 0 Å². The average molecular weight is 328 g/mol. The summed E-state index contributed by atoms with van der Waals surface area (Å²) in [5.74, 6) is 0. The molecule has 0 aliphatic rings.